The Hall–Kier alpha value is 0.190. The van der Waals surface area contributed by atoms with E-state index < -0.39 is 38.2 Å². The van der Waals surface area contributed by atoms with Crippen LogP contribution in [0.25, 0.3) is 0 Å². The molecule has 2 unspecified atom stereocenters. The van der Waals surface area contributed by atoms with Gasteiger partial charge in [0.15, 0.2) is 0 Å². The van der Waals surface area contributed by atoms with Crippen molar-refractivity contribution in [3.63, 3.8) is 0 Å². The first-order valence-corrected chi connectivity index (χ1v) is 4.77. The fourth-order valence-electron chi connectivity index (χ4n) is 1.02. The third-order valence-electron chi connectivity index (χ3n) is 1.85. The molecule has 0 amide bonds. The number of hydrogen-bond donors (Lipinski definition) is 6. The maximum absolute atomic E-state index is 9.04. The molecule has 12 heavy (non-hydrogen) atoms. The topological polar surface area (TPSA) is 121 Å². The van der Waals surface area contributed by atoms with Crippen LogP contribution in [-0.4, -0.2) is 60.4 Å². The Morgan fingerprint density at radius 2 is 1.00 bits per heavy atom. The van der Waals surface area contributed by atoms with E-state index in [0.717, 1.165) is 0 Å². The molecule has 1 saturated heterocycles. The highest BCUT2D eigenvalue weighted by Gasteiger charge is 2.47. The summed E-state index contributed by atoms with van der Waals surface area (Å²) in [6.45, 7) is 0. The summed E-state index contributed by atoms with van der Waals surface area (Å²) in [5.41, 5.74) is 0. The molecule has 72 valence electrons. The number of aliphatic hydroxyl groups excluding tert-OH is 5. The molecule has 0 spiro atoms. The van der Waals surface area contributed by atoms with E-state index in [1.165, 1.54) is 0 Å². The fourth-order valence-corrected chi connectivity index (χ4v) is 2.32. The molecule has 1 heterocycles. The van der Waals surface area contributed by atoms with Crippen molar-refractivity contribution in [2.75, 3.05) is 0 Å². The van der Waals surface area contributed by atoms with Crippen LogP contribution in [0.1, 0.15) is 0 Å². The molecule has 1 aliphatic rings. The van der Waals surface area contributed by atoms with Gasteiger partial charge in [0.05, 0.1) is 8.15 Å². The van der Waals surface area contributed by atoms with Crippen molar-refractivity contribution < 1.29 is 30.4 Å². The predicted molar refractivity (Wildman–Crippen MR) is 39.2 cm³/mol. The summed E-state index contributed by atoms with van der Waals surface area (Å²) in [5, 5.41) is 45.0. The van der Waals surface area contributed by atoms with Crippen molar-refractivity contribution in [3.8, 4) is 0 Å². The Morgan fingerprint density at radius 1 is 0.667 bits per heavy atom. The van der Waals surface area contributed by atoms with Crippen LogP contribution in [0, 0.1) is 0 Å². The van der Waals surface area contributed by atoms with Crippen LogP contribution in [0.4, 0.5) is 0 Å². The van der Waals surface area contributed by atoms with E-state index in [1.807, 2.05) is 0 Å². The Labute approximate surface area is 69.5 Å². The first-order valence-electron chi connectivity index (χ1n) is 3.34. The van der Waals surface area contributed by atoms with E-state index in [9.17, 15) is 0 Å². The molecule has 7 heteroatoms. The monoisotopic (exact) mass is 198 g/mol. The van der Waals surface area contributed by atoms with Crippen molar-refractivity contribution in [1.82, 2.24) is 0 Å². The highest BCUT2D eigenvalue weighted by molar-refractivity contribution is 7.52. The van der Waals surface area contributed by atoms with E-state index in [-0.39, 0.29) is 0 Å². The molecule has 1 rings (SSSR count). The van der Waals surface area contributed by atoms with Crippen LogP contribution in [0.15, 0.2) is 0 Å². The van der Waals surface area contributed by atoms with Gasteiger partial charge in [0.25, 0.3) is 0 Å². The second kappa shape index (κ2) is 3.51. The summed E-state index contributed by atoms with van der Waals surface area (Å²) in [6, 6.07) is 0. The third kappa shape index (κ3) is 1.47. The Kier molecular flexibility index (Phi) is 3.01. The van der Waals surface area contributed by atoms with Crippen molar-refractivity contribution >= 4 is 8.15 Å². The molecule has 0 bridgehead atoms. The minimum Gasteiger partial charge on any atom is -0.387 e. The smallest absolute Gasteiger partial charge is 0.128 e. The van der Waals surface area contributed by atoms with Crippen LogP contribution in [0.3, 0.4) is 0 Å². The molecule has 1 fully saturated rings. The minimum atomic E-state index is -2.27. The van der Waals surface area contributed by atoms with Gasteiger partial charge in [-0.1, -0.05) is 0 Å². The number of rotatable bonds is 0. The van der Waals surface area contributed by atoms with E-state index in [4.69, 9.17) is 30.4 Å². The second-order valence-corrected chi connectivity index (χ2v) is 4.50. The zero-order valence-electron chi connectivity index (χ0n) is 6.02. The van der Waals surface area contributed by atoms with E-state index in [2.05, 4.69) is 0 Å². The summed E-state index contributed by atoms with van der Waals surface area (Å²) in [5.74, 6) is -3.15. The van der Waals surface area contributed by atoms with Crippen LogP contribution < -0.4 is 0 Å². The van der Waals surface area contributed by atoms with Gasteiger partial charge in [-0.2, -0.15) is 0 Å². The lowest BCUT2D eigenvalue weighted by atomic mass is 10.1. The summed E-state index contributed by atoms with van der Waals surface area (Å²) in [4.78, 5) is 9.04. The molecular weight excluding hydrogens is 187 g/mol. The van der Waals surface area contributed by atoms with Gasteiger partial charge in [0.2, 0.25) is 0 Å². The zero-order valence-corrected chi connectivity index (χ0v) is 6.91. The fraction of sp³-hybridized carbons (Fsp3) is 1.00. The highest BCUT2D eigenvalue weighted by Crippen LogP contribution is 2.47. The summed E-state index contributed by atoms with van der Waals surface area (Å²) >= 11 is 0. The maximum atomic E-state index is 9.04. The molecule has 0 aliphatic carbocycles. The lowest BCUT2D eigenvalue weighted by molar-refractivity contribution is -0.122. The molecule has 6 atom stereocenters. The third-order valence-corrected chi connectivity index (χ3v) is 3.55. The normalized spacial score (nSPS) is 55.5. The van der Waals surface area contributed by atoms with E-state index >= 15 is 0 Å². The number of aliphatic hydroxyl groups is 5. The van der Waals surface area contributed by atoms with Crippen molar-refractivity contribution in [1.29, 1.82) is 0 Å². The molecule has 0 radical (unpaired) electrons. The average Bonchev–Trinajstić information content (AvgIpc) is 2.08. The quantitative estimate of drug-likeness (QED) is 0.232. The average molecular weight is 198 g/mol. The molecule has 0 aromatic carbocycles. The van der Waals surface area contributed by atoms with Gasteiger partial charge in [-0.15, -0.1) is 0 Å². The molecule has 6 nitrogen and oxygen atoms in total. The van der Waals surface area contributed by atoms with Crippen LogP contribution in [0.2, 0.25) is 0 Å². The zero-order chi connectivity index (χ0) is 9.46. The molecule has 0 saturated carbocycles. The van der Waals surface area contributed by atoms with Gasteiger partial charge in [-0.3, -0.25) is 0 Å². The Balaban J connectivity index is 2.76. The minimum absolute atomic E-state index is 1.58. The van der Waals surface area contributed by atoms with Gasteiger partial charge in [-0.05, 0) is 0 Å². The second-order valence-electron chi connectivity index (χ2n) is 2.68. The molecule has 1 aliphatic heterocycles. The van der Waals surface area contributed by atoms with E-state index in [0.29, 0.717) is 0 Å². The summed E-state index contributed by atoms with van der Waals surface area (Å²) in [7, 11) is -2.27. The van der Waals surface area contributed by atoms with Crippen LogP contribution >= 0.6 is 8.15 Å². The van der Waals surface area contributed by atoms with Gasteiger partial charge < -0.3 is 30.4 Å². The SMILES string of the molecule is OC1[C@@H](O)[C@@H](O)P(O)[C@H](O)[C@H]1O. The Morgan fingerprint density at radius 3 is 1.33 bits per heavy atom. The predicted octanol–water partition coefficient (Wildman–Crippen LogP) is -2.89. The highest BCUT2D eigenvalue weighted by atomic mass is 31.1. The number of hydrogen-bond acceptors (Lipinski definition) is 6. The Bertz CT molecular complexity index is 107. The van der Waals surface area contributed by atoms with Crippen molar-refractivity contribution in [2.45, 2.75) is 30.0 Å². The summed E-state index contributed by atoms with van der Waals surface area (Å²) in [6.07, 6.45) is -4.85. The maximum Gasteiger partial charge on any atom is 0.128 e. The molecule has 0 aromatic rings. The van der Waals surface area contributed by atoms with Crippen molar-refractivity contribution in [2.24, 2.45) is 0 Å². The molecular formula is C5H11O6P. The van der Waals surface area contributed by atoms with Gasteiger partial charge in [-0.25, -0.2) is 0 Å². The van der Waals surface area contributed by atoms with Gasteiger partial charge in [0, 0.05) is 0 Å². The lowest BCUT2D eigenvalue weighted by Gasteiger charge is -2.38. The lowest BCUT2D eigenvalue weighted by Crippen LogP contribution is -2.54. The van der Waals surface area contributed by atoms with Crippen LogP contribution in [-0.2, 0) is 0 Å². The standard InChI is InChI=1S/C5H11O6P/c6-1-2(7)4(9)12(11)5(10)3(1)8/h1-11H/t1?,2-,3+,4-,5-,12?/m0/s1. The van der Waals surface area contributed by atoms with E-state index in [1.54, 1.807) is 0 Å². The van der Waals surface area contributed by atoms with Crippen molar-refractivity contribution in [3.05, 3.63) is 0 Å². The first kappa shape index (κ1) is 10.3. The largest absolute Gasteiger partial charge is 0.387 e. The van der Waals surface area contributed by atoms with Gasteiger partial charge >= 0.3 is 0 Å². The molecule has 6 N–H and O–H groups in total. The van der Waals surface area contributed by atoms with Crippen LogP contribution in [0.5, 0.6) is 0 Å². The summed E-state index contributed by atoms with van der Waals surface area (Å²) < 4.78 is 0. The molecule has 0 aromatic heterocycles. The van der Waals surface area contributed by atoms with Gasteiger partial charge in [0.1, 0.15) is 30.0 Å². The first-order chi connectivity index (χ1) is 5.46.